The summed E-state index contributed by atoms with van der Waals surface area (Å²) in [5.74, 6) is 0.377. The zero-order chi connectivity index (χ0) is 15.2. The zero-order valence-electron chi connectivity index (χ0n) is 12.0. The van der Waals surface area contributed by atoms with Crippen molar-refractivity contribution in [2.24, 2.45) is 0 Å². The minimum atomic E-state index is -0.443. The summed E-state index contributed by atoms with van der Waals surface area (Å²) in [6.45, 7) is -0.0741. The molecule has 2 aliphatic rings. The van der Waals surface area contributed by atoms with Gasteiger partial charge in [-0.25, -0.2) is 4.79 Å². The van der Waals surface area contributed by atoms with Crippen LogP contribution < -0.4 is 16.0 Å². The van der Waals surface area contributed by atoms with Crippen molar-refractivity contribution < 1.29 is 19.1 Å². The minimum absolute atomic E-state index is 0.0718. The number of hydrogen-bond donors (Lipinski definition) is 3. The highest BCUT2D eigenvalue weighted by atomic mass is 32.2. The van der Waals surface area contributed by atoms with Crippen LogP contribution in [0.25, 0.3) is 0 Å². The van der Waals surface area contributed by atoms with Crippen LogP contribution in [0, 0.1) is 0 Å². The number of carbonyl (C=O) groups excluding carboxylic acids is 3. The Labute approximate surface area is 127 Å². The molecule has 2 rings (SSSR count). The summed E-state index contributed by atoms with van der Waals surface area (Å²) in [6, 6.07) is 0.393. The van der Waals surface area contributed by atoms with Gasteiger partial charge in [0.05, 0.1) is 19.2 Å². The quantitative estimate of drug-likeness (QED) is 0.349. The number of unbranched alkanes of at least 4 members (excludes halogenated alkanes) is 1. The van der Waals surface area contributed by atoms with Gasteiger partial charge in [0, 0.05) is 17.4 Å². The van der Waals surface area contributed by atoms with Crippen molar-refractivity contribution in [1.29, 1.82) is 0 Å². The topological polar surface area (TPSA) is 96.5 Å². The summed E-state index contributed by atoms with van der Waals surface area (Å²) in [5, 5.41) is 8.80. The van der Waals surface area contributed by atoms with Gasteiger partial charge in [-0.2, -0.15) is 11.8 Å². The van der Waals surface area contributed by atoms with E-state index in [-0.39, 0.29) is 30.6 Å². The molecule has 0 saturated carbocycles. The standard InChI is InChI=1S/C13H21N3O4S/c1-20-11(18)6-14-10(17)5-3-2-4-9-12-8(7-21-9)15-13(19)16-12/h8-9,12H,2-7H2,1H3,(H,14,17)(H2,15,16,19)/t8-,9-,12-/m0/s1. The highest BCUT2D eigenvalue weighted by molar-refractivity contribution is 8.00. The monoisotopic (exact) mass is 315 g/mol. The lowest BCUT2D eigenvalue weighted by Gasteiger charge is -2.16. The van der Waals surface area contributed by atoms with Crippen LogP contribution in [0.5, 0.6) is 0 Å². The summed E-state index contributed by atoms with van der Waals surface area (Å²) >= 11 is 1.87. The van der Waals surface area contributed by atoms with Gasteiger partial charge in [0.25, 0.3) is 0 Å². The molecule has 2 heterocycles. The average molecular weight is 315 g/mol. The molecule has 0 radical (unpaired) electrons. The predicted octanol–water partition coefficient (Wildman–Crippen LogP) is 0.00140. The number of ether oxygens (including phenoxy) is 1. The molecule has 2 fully saturated rings. The van der Waals surface area contributed by atoms with E-state index in [9.17, 15) is 14.4 Å². The van der Waals surface area contributed by atoms with E-state index in [1.54, 1.807) is 0 Å². The molecule has 3 amide bonds. The van der Waals surface area contributed by atoms with Crippen LogP contribution in [0.4, 0.5) is 4.79 Å². The van der Waals surface area contributed by atoms with Gasteiger partial charge in [0.15, 0.2) is 0 Å². The lowest BCUT2D eigenvalue weighted by atomic mass is 10.0. The fourth-order valence-electron chi connectivity index (χ4n) is 2.61. The van der Waals surface area contributed by atoms with Crippen molar-refractivity contribution in [3.63, 3.8) is 0 Å². The summed E-state index contributed by atoms with van der Waals surface area (Å²) in [5.41, 5.74) is 0. The summed E-state index contributed by atoms with van der Waals surface area (Å²) in [4.78, 5) is 33.6. The molecule has 2 aliphatic heterocycles. The largest absolute Gasteiger partial charge is 0.468 e. The van der Waals surface area contributed by atoms with Gasteiger partial charge >= 0.3 is 12.0 Å². The summed E-state index contributed by atoms with van der Waals surface area (Å²) < 4.78 is 4.45. The van der Waals surface area contributed by atoms with E-state index in [1.165, 1.54) is 7.11 Å². The molecule has 2 saturated heterocycles. The normalized spacial score (nSPS) is 26.7. The fraction of sp³-hybridized carbons (Fsp3) is 0.769. The molecule has 0 aromatic carbocycles. The van der Waals surface area contributed by atoms with E-state index < -0.39 is 5.97 Å². The van der Waals surface area contributed by atoms with E-state index in [4.69, 9.17) is 0 Å². The number of urea groups is 1. The molecular formula is C13H21N3O4S. The molecule has 0 aromatic rings. The molecule has 3 N–H and O–H groups in total. The number of thioether (sulfide) groups is 1. The first-order valence-corrected chi connectivity index (χ1v) is 8.17. The first-order valence-electron chi connectivity index (χ1n) is 7.12. The van der Waals surface area contributed by atoms with Gasteiger partial charge in [-0.3, -0.25) is 9.59 Å². The molecule has 0 unspecified atom stereocenters. The Morgan fingerprint density at radius 3 is 2.95 bits per heavy atom. The van der Waals surface area contributed by atoms with Crippen LogP contribution in [-0.4, -0.2) is 54.6 Å². The van der Waals surface area contributed by atoms with E-state index >= 15 is 0 Å². The number of hydrogen-bond acceptors (Lipinski definition) is 5. The van der Waals surface area contributed by atoms with Crippen LogP contribution >= 0.6 is 11.8 Å². The molecule has 0 aromatic heterocycles. The third-order valence-corrected chi connectivity index (χ3v) is 5.25. The molecule has 0 aliphatic carbocycles. The van der Waals surface area contributed by atoms with Gasteiger partial charge in [0.2, 0.25) is 5.91 Å². The fourth-order valence-corrected chi connectivity index (χ4v) is 4.15. The number of esters is 1. The predicted molar refractivity (Wildman–Crippen MR) is 79.0 cm³/mol. The maximum absolute atomic E-state index is 11.5. The molecule has 0 bridgehead atoms. The Balaban J connectivity index is 1.57. The molecule has 118 valence electrons. The molecular weight excluding hydrogens is 294 g/mol. The van der Waals surface area contributed by atoms with Crippen LogP contribution in [0.2, 0.25) is 0 Å². The van der Waals surface area contributed by atoms with Crippen molar-refractivity contribution in [2.45, 2.75) is 43.0 Å². The van der Waals surface area contributed by atoms with E-state index in [0.717, 1.165) is 25.0 Å². The highest BCUT2D eigenvalue weighted by Crippen LogP contribution is 2.33. The molecule has 21 heavy (non-hydrogen) atoms. The second-order valence-electron chi connectivity index (χ2n) is 5.22. The molecule has 0 spiro atoms. The number of methoxy groups -OCH3 is 1. The minimum Gasteiger partial charge on any atom is -0.468 e. The average Bonchev–Trinajstić information content (AvgIpc) is 3.00. The highest BCUT2D eigenvalue weighted by Gasteiger charge is 2.42. The lowest BCUT2D eigenvalue weighted by Crippen LogP contribution is -2.36. The summed E-state index contributed by atoms with van der Waals surface area (Å²) in [6.07, 6.45) is 3.11. The SMILES string of the molecule is COC(=O)CNC(=O)CCCC[C@@H]1SC[C@@H]2NC(=O)N[C@@H]21. The van der Waals surface area contributed by atoms with Crippen LogP contribution in [0.3, 0.4) is 0 Å². The Bertz CT molecular complexity index is 418. The van der Waals surface area contributed by atoms with E-state index in [2.05, 4.69) is 20.7 Å². The Morgan fingerprint density at radius 2 is 2.19 bits per heavy atom. The van der Waals surface area contributed by atoms with Crippen molar-refractivity contribution in [3.8, 4) is 0 Å². The maximum atomic E-state index is 11.5. The Kier molecular flexibility index (Phi) is 5.72. The van der Waals surface area contributed by atoms with Crippen LogP contribution in [0.1, 0.15) is 25.7 Å². The first kappa shape index (κ1) is 15.9. The van der Waals surface area contributed by atoms with Gasteiger partial charge in [0.1, 0.15) is 6.54 Å². The molecule has 8 heteroatoms. The Morgan fingerprint density at radius 1 is 1.38 bits per heavy atom. The first-order chi connectivity index (χ1) is 10.1. The van der Waals surface area contributed by atoms with Crippen molar-refractivity contribution >= 4 is 29.7 Å². The Hall–Kier alpha value is -1.44. The van der Waals surface area contributed by atoms with Crippen molar-refractivity contribution in [3.05, 3.63) is 0 Å². The molecule has 7 nitrogen and oxygen atoms in total. The number of fused-ring (bicyclic) bond motifs is 1. The van der Waals surface area contributed by atoms with E-state index in [0.29, 0.717) is 11.7 Å². The second kappa shape index (κ2) is 7.53. The molecule has 3 atom stereocenters. The van der Waals surface area contributed by atoms with Crippen LogP contribution in [0.15, 0.2) is 0 Å². The number of amides is 3. The lowest BCUT2D eigenvalue weighted by molar-refractivity contribution is -0.141. The number of carbonyl (C=O) groups is 3. The number of rotatable bonds is 7. The number of nitrogens with one attached hydrogen (secondary N) is 3. The third kappa shape index (κ3) is 4.52. The maximum Gasteiger partial charge on any atom is 0.325 e. The smallest absolute Gasteiger partial charge is 0.325 e. The van der Waals surface area contributed by atoms with Gasteiger partial charge in [-0.15, -0.1) is 0 Å². The zero-order valence-corrected chi connectivity index (χ0v) is 12.8. The van der Waals surface area contributed by atoms with Crippen molar-refractivity contribution in [1.82, 2.24) is 16.0 Å². The van der Waals surface area contributed by atoms with Gasteiger partial charge < -0.3 is 20.7 Å². The van der Waals surface area contributed by atoms with E-state index in [1.807, 2.05) is 11.8 Å². The van der Waals surface area contributed by atoms with Gasteiger partial charge in [-0.1, -0.05) is 6.42 Å². The van der Waals surface area contributed by atoms with Crippen molar-refractivity contribution in [2.75, 3.05) is 19.4 Å². The second-order valence-corrected chi connectivity index (χ2v) is 6.49. The third-order valence-electron chi connectivity index (χ3n) is 3.74. The summed E-state index contributed by atoms with van der Waals surface area (Å²) in [7, 11) is 1.29. The van der Waals surface area contributed by atoms with Gasteiger partial charge in [-0.05, 0) is 12.8 Å². The van der Waals surface area contributed by atoms with Crippen LogP contribution in [-0.2, 0) is 14.3 Å².